The van der Waals surface area contributed by atoms with Crippen molar-refractivity contribution in [2.24, 2.45) is 11.8 Å². The number of aryl methyl sites for hydroxylation is 1. The predicted molar refractivity (Wildman–Crippen MR) is 84.0 cm³/mol. The molecule has 2 heterocycles. The van der Waals surface area contributed by atoms with Crippen LogP contribution in [0.3, 0.4) is 0 Å². The highest BCUT2D eigenvalue weighted by atomic mass is 16.4. The summed E-state index contributed by atoms with van der Waals surface area (Å²) in [6.07, 6.45) is 5.55. The first-order chi connectivity index (χ1) is 10.0. The number of hydrogen-bond acceptors (Lipinski definition) is 4. The molecule has 21 heavy (non-hydrogen) atoms. The zero-order valence-corrected chi connectivity index (χ0v) is 13.9. The Morgan fingerprint density at radius 3 is 2.81 bits per heavy atom. The molecule has 1 aliphatic heterocycles. The van der Waals surface area contributed by atoms with Crippen molar-refractivity contribution < 1.29 is 4.42 Å². The van der Waals surface area contributed by atoms with Gasteiger partial charge in [0.05, 0.1) is 12.7 Å². The Morgan fingerprint density at radius 2 is 2.24 bits per heavy atom. The fraction of sp³-hybridized carbons (Fsp3) is 0.824. The van der Waals surface area contributed by atoms with Gasteiger partial charge in [0.2, 0.25) is 5.89 Å². The number of piperazine rings is 1. The van der Waals surface area contributed by atoms with Crippen LogP contribution < -0.4 is 5.32 Å². The van der Waals surface area contributed by atoms with Gasteiger partial charge < -0.3 is 9.73 Å². The summed E-state index contributed by atoms with van der Waals surface area (Å²) in [5.74, 6) is 3.36. The largest absolute Gasteiger partial charge is 0.444 e. The molecule has 0 amide bonds. The molecular weight excluding hydrogens is 262 g/mol. The van der Waals surface area contributed by atoms with Crippen LogP contribution in [0, 0.1) is 11.8 Å². The molecule has 1 N–H and O–H groups in total. The van der Waals surface area contributed by atoms with E-state index in [0.29, 0.717) is 12.0 Å². The molecule has 3 rings (SSSR count). The highest BCUT2D eigenvalue weighted by Crippen LogP contribution is 2.42. The minimum atomic E-state index is 0.269. The second-order valence-corrected chi connectivity index (χ2v) is 7.36. The molecule has 0 bridgehead atoms. The molecule has 1 saturated carbocycles. The lowest BCUT2D eigenvalue weighted by Crippen LogP contribution is -2.64. The molecule has 2 atom stereocenters. The van der Waals surface area contributed by atoms with Gasteiger partial charge in [0, 0.05) is 31.1 Å². The van der Waals surface area contributed by atoms with E-state index < -0.39 is 0 Å². The first kappa shape index (κ1) is 15.0. The van der Waals surface area contributed by atoms with E-state index >= 15 is 0 Å². The van der Waals surface area contributed by atoms with E-state index in [4.69, 9.17) is 4.42 Å². The summed E-state index contributed by atoms with van der Waals surface area (Å²) in [4.78, 5) is 7.04. The molecule has 1 aliphatic carbocycles. The Morgan fingerprint density at radius 1 is 1.48 bits per heavy atom. The van der Waals surface area contributed by atoms with E-state index in [9.17, 15) is 0 Å². The van der Waals surface area contributed by atoms with Crippen LogP contribution in [-0.2, 0) is 13.0 Å². The van der Waals surface area contributed by atoms with E-state index in [1.807, 2.05) is 6.20 Å². The number of oxazole rings is 1. The van der Waals surface area contributed by atoms with Crippen molar-refractivity contribution in [1.82, 2.24) is 15.2 Å². The van der Waals surface area contributed by atoms with Crippen LogP contribution in [-0.4, -0.2) is 34.6 Å². The lowest BCUT2D eigenvalue weighted by Gasteiger charge is -2.47. The maximum absolute atomic E-state index is 5.83. The second-order valence-electron chi connectivity index (χ2n) is 7.36. The molecular formula is C17H29N3O. The van der Waals surface area contributed by atoms with Crippen molar-refractivity contribution in [2.75, 3.05) is 13.1 Å². The first-order valence-corrected chi connectivity index (χ1v) is 8.44. The third-order valence-corrected chi connectivity index (χ3v) is 5.25. The summed E-state index contributed by atoms with van der Waals surface area (Å²) in [6, 6.07) is 0.564. The minimum absolute atomic E-state index is 0.269. The van der Waals surface area contributed by atoms with Gasteiger partial charge in [0.25, 0.3) is 0 Å². The van der Waals surface area contributed by atoms with Gasteiger partial charge >= 0.3 is 0 Å². The Bertz CT molecular complexity index is 480. The zero-order chi connectivity index (χ0) is 15.0. The molecule has 1 aromatic rings. The van der Waals surface area contributed by atoms with Gasteiger partial charge in [-0.3, -0.25) is 4.90 Å². The fourth-order valence-corrected chi connectivity index (χ4v) is 3.64. The lowest BCUT2D eigenvalue weighted by atomic mass is 9.88. The molecule has 0 radical (unpaired) electrons. The Balaban J connectivity index is 1.73. The topological polar surface area (TPSA) is 41.3 Å². The predicted octanol–water partition coefficient (Wildman–Crippen LogP) is 2.84. The van der Waals surface area contributed by atoms with E-state index in [-0.39, 0.29) is 5.54 Å². The molecule has 0 spiro atoms. The molecule has 1 aromatic heterocycles. The summed E-state index contributed by atoms with van der Waals surface area (Å²) in [5, 5.41) is 3.83. The van der Waals surface area contributed by atoms with Crippen molar-refractivity contribution in [3.8, 4) is 0 Å². The smallest absolute Gasteiger partial charge is 0.208 e. The summed E-state index contributed by atoms with van der Waals surface area (Å²) in [5.41, 5.74) is 0.269. The van der Waals surface area contributed by atoms with Gasteiger partial charge in [-0.05, 0) is 31.6 Å². The molecule has 118 valence electrons. The van der Waals surface area contributed by atoms with Gasteiger partial charge in [-0.1, -0.05) is 20.8 Å². The average molecular weight is 291 g/mol. The van der Waals surface area contributed by atoms with Gasteiger partial charge in [0.1, 0.15) is 5.76 Å². The minimum Gasteiger partial charge on any atom is -0.444 e. The van der Waals surface area contributed by atoms with E-state index in [1.54, 1.807) is 0 Å². The summed E-state index contributed by atoms with van der Waals surface area (Å²) in [7, 11) is 0. The number of rotatable bonds is 5. The van der Waals surface area contributed by atoms with Crippen LogP contribution >= 0.6 is 0 Å². The van der Waals surface area contributed by atoms with Crippen molar-refractivity contribution >= 4 is 0 Å². The Hall–Kier alpha value is -0.870. The zero-order valence-electron chi connectivity index (χ0n) is 13.9. The second kappa shape index (κ2) is 5.73. The molecule has 2 fully saturated rings. The summed E-state index contributed by atoms with van der Waals surface area (Å²) in [6.45, 7) is 12.1. The SMILES string of the molecule is CCc1cnc(CN2CC(C)(C3CC3)NCC2C(C)C)o1. The molecule has 2 unspecified atom stereocenters. The molecule has 0 aromatic carbocycles. The highest BCUT2D eigenvalue weighted by molar-refractivity contribution is 5.05. The number of hydrogen-bond donors (Lipinski definition) is 1. The van der Waals surface area contributed by atoms with Gasteiger partial charge in [-0.15, -0.1) is 0 Å². The van der Waals surface area contributed by atoms with Crippen molar-refractivity contribution in [3.05, 3.63) is 17.8 Å². The first-order valence-electron chi connectivity index (χ1n) is 8.44. The van der Waals surface area contributed by atoms with Crippen LogP contribution in [0.25, 0.3) is 0 Å². The van der Waals surface area contributed by atoms with Gasteiger partial charge in [-0.25, -0.2) is 4.98 Å². The van der Waals surface area contributed by atoms with Crippen LogP contribution in [0.5, 0.6) is 0 Å². The monoisotopic (exact) mass is 291 g/mol. The number of nitrogens with one attached hydrogen (secondary N) is 1. The standard InChI is InChI=1S/C17H29N3O/c1-5-14-8-18-16(21-14)10-20-11-17(4,13-6-7-13)19-9-15(20)12(2)3/h8,12-13,15,19H,5-7,9-11H2,1-4H3. The lowest BCUT2D eigenvalue weighted by molar-refractivity contribution is 0.0398. The van der Waals surface area contributed by atoms with E-state index in [0.717, 1.165) is 43.6 Å². The van der Waals surface area contributed by atoms with E-state index in [1.165, 1.54) is 12.8 Å². The van der Waals surface area contributed by atoms with Gasteiger partial charge in [-0.2, -0.15) is 0 Å². The van der Waals surface area contributed by atoms with Crippen molar-refractivity contribution in [2.45, 2.75) is 65.1 Å². The normalized spacial score (nSPS) is 31.0. The maximum Gasteiger partial charge on any atom is 0.208 e. The molecule has 4 heteroatoms. The summed E-state index contributed by atoms with van der Waals surface area (Å²) >= 11 is 0. The maximum atomic E-state index is 5.83. The molecule has 4 nitrogen and oxygen atoms in total. The highest BCUT2D eigenvalue weighted by Gasteiger charge is 2.46. The van der Waals surface area contributed by atoms with Crippen LogP contribution in [0.2, 0.25) is 0 Å². The van der Waals surface area contributed by atoms with E-state index in [2.05, 4.69) is 42.9 Å². The quantitative estimate of drug-likeness (QED) is 0.906. The van der Waals surface area contributed by atoms with Crippen LogP contribution in [0.4, 0.5) is 0 Å². The average Bonchev–Trinajstić information content (AvgIpc) is 3.21. The summed E-state index contributed by atoms with van der Waals surface area (Å²) < 4.78 is 5.83. The number of aromatic nitrogens is 1. The van der Waals surface area contributed by atoms with Crippen molar-refractivity contribution in [1.29, 1.82) is 0 Å². The Labute approximate surface area is 128 Å². The molecule has 1 saturated heterocycles. The Kier molecular flexibility index (Phi) is 4.10. The van der Waals surface area contributed by atoms with Crippen molar-refractivity contribution in [3.63, 3.8) is 0 Å². The third kappa shape index (κ3) is 3.16. The van der Waals surface area contributed by atoms with Crippen LogP contribution in [0.1, 0.15) is 52.2 Å². The van der Waals surface area contributed by atoms with Crippen LogP contribution in [0.15, 0.2) is 10.6 Å². The fourth-order valence-electron chi connectivity index (χ4n) is 3.64. The number of nitrogens with zero attached hydrogens (tertiary/aromatic N) is 2. The van der Waals surface area contributed by atoms with Gasteiger partial charge in [0.15, 0.2) is 0 Å². The molecule has 2 aliphatic rings. The third-order valence-electron chi connectivity index (χ3n) is 5.25.